The molecule has 0 spiro atoms. The maximum atomic E-state index is 12.7. The molecule has 122 valence electrons. The van der Waals surface area contributed by atoms with Gasteiger partial charge in [-0.3, -0.25) is 4.79 Å². The Morgan fingerprint density at radius 2 is 2.09 bits per heavy atom. The van der Waals surface area contributed by atoms with E-state index in [0.717, 1.165) is 31.2 Å². The fourth-order valence-corrected chi connectivity index (χ4v) is 3.02. The van der Waals surface area contributed by atoms with Crippen molar-refractivity contribution < 1.29 is 9.53 Å². The van der Waals surface area contributed by atoms with Crippen molar-refractivity contribution in [2.45, 2.75) is 51.2 Å². The van der Waals surface area contributed by atoms with Crippen molar-refractivity contribution in [3.05, 3.63) is 40.7 Å². The van der Waals surface area contributed by atoms with Crippen LogP contribution in [0.1, 0.15) is 44.0 Å². The molecule has 0 atom stereocenters. The molecule has 0 aliphatic heterocycles. The molecule has 1 aromatic carbocycles. The third-order valence-corrected chi connectivity index (χ3v) is 4.62. The maximum absolute atomic E-state index is 12.7. The standard InChI is InChI=1S/C16H19ClN4O2/c1-2-10-21-14(18-19-20-21)11-23-15(22)16(8-3-9-16)12-4-6-13(17)7-5-12/h4-7H,2-3,8-11H2,1H3. The Morgan fingerprint density at radius 1 is 1.35 bits per heavy atom. The molecule has 1 heterocycles. The topological polar surface area (TPSA) is 69.9 Å². The number of tetrazole rings is 1. The molecule has 6 nitrogen and oxygen atoms in total. The van der Waals surface area contributed by atoms with E-state index in [2.05, 4.69) is 15.5 Å². The number of carbonyl (C=O) groups excluding carboxylic acids is 1. The summed E-state index contributed by atoms with van der Waals surface area (Å²) in [6.45, 7) is 2.85. The summed E-state index contributed by atoms with van der Waals surface area (Å²) in [7, 11) is 0. The summed E-state index contributed by atoms with van der Waals surface area (Å²) >= 11 is 5.94. The minimum absolute atomic E-state index is 0.0984. The normalized spacial score (nSPS) is 15.9. The highest BCUT2D eigenvalue weighted by molar-refractivity contribution is 6.30. The summed E-state index contributed by atoms with van der Waals surface area (Å²) in [5, 5.41) is 12.1. The van der Waals surface area contributed by atoms with E-state index < -0.39 is 5.41 Å². The highest BCUT2D eigenvalue weighted by Gasteiger charge is 2.47. The van der Waals surface area contributed by atoms with Crippen molar-refractivity contribution in [3.8, 4) is 0 Å². The molecule has 0 saturated heterocycles. The Balaban J connectivity index is 1.71. The number of esters is 1. The number of carbonyl (C=O) groups is 1. The first-order chi connectivity index (χ1) is 11.2. The van der Waals surface area contributed by atoms with E-state index in [-0.39, 0.29) is 12.6 Å². The summed E-state index contributed by atoms with van der Waals surface area (Å²) in [5.74, 6) is 0.364. The van der Waals surface area contributed by atoms with Gasteiger partial charge in [-0.15, -0.1) is 5.10 Å². The van der Waals surface area contributed by atoms with Gasteiger partial charge >= 0.3 is 5.97 Å². The molecular weight excluding hydrogens is 316 g/mol. The first kappa shape index (κ1) is 15.9. The molecule has 1 fully saturated rings. The van der Waals surface area contributed by atoms with Gasteiger partial charge in [0.05, 0.1) is 5.41 Å². The quantitative estimate of drug-likeness (QED) is 0.760. The summed E-state index contributed by atoms with van der Waals surface area (Å²) < 4.78 is 7.20. The van der Waals surface area contributed by atoms with Crippen LogP contribution < -0.4 is 0 Å². The maximum Gasteiger partial charge on any atom is 0.317 e. The SMILES string of the molecule is CCCn1nnnc1COC(=O)C1(c2ccc(Cl)cc2)CCC1. The van der Waals surface area contributed by atoms with E-state index in [1.807, 2.05) is 31.2 Å². The highest BCUT2D eigenvalue weighted by atomic mass is 35.5. The lowest BCUT2D eigenvalue weighted by molar-refractivity contribution is -0.156. The molecule has 0 radical (unpaired) electrons. The van der Waals surface area contributed by atoms with Crippen LogP contribution in [0, 0.1) is 0 Å². The van der Waals surface area contributed by atoms with Gasteiger partial charge in [0.25, 0.3) is 0 Å². The summed E-state index contributed by atoms with van der Waals surface area (Å²) in [6.07, 6.45) is 3.53. The summed E-state index contributed by atoms with van der Waals surface area (Å²) in [4.78, 5) is 12.7. The van der Waals surface area contributed by atoms with Crippen molar-refractivity contribution in [3.63, 3.8) is 0 Å². The molecule has 3 rings (SSSR count). The van der Waals surface area contributed by atoms with Crippen molar-refractivity contribution >= 4 is 17.6 Å². The van der Waals surface area contributed by atoms with Crippen LogP contribution in [0.2, 0.25) is 5.02 Å². The lowest BCUT2D eigenvalue weighted by Crippen LogP contribution is -2.43. The molecule has 23 heavy (non-hydrogen) atoms. The summed E-state index contributed by atoms with van der Waals surface area (Å²) in [5.41, 5.74) is 0.416. The number of halogens is 1. The van der Waals surface area contributed by atoms with Gasteiger partial charge in [-0.05, 0) is 47.4 Å². The third kappa shape index (κ3) is 3.08. The van der Waals surface area contributed by atoms with Crippen LogP contribution in [0.4, 0.5) is 0 Å². The Morgan fingerprint density at radius 3 is 2.70 bits per heavy atom. The van der Waals surface area contributed by atoms with Gasteiger partial charge in [0, 0.05) is 11.6 Å². The van der Waals surface area contributed by atoms with Crippen molar-refractivity contribution in [2.24, 2.45) is 0 Å². The van der Waals surface area contributed by atoms with E-state index in [4.69, 9.17) is 16.3 Å². The number of ether oxygens (including phenoxy) is 1. The molecule has 2 aromatic rings. The van der Waals surface area contributed by atoms with Crippen LogP contribution in [0.15, 0.2) is 24.3 Å². The Labute approximate surface area is 139 Å². The lowest BCUT2D eigenvalue weighted by Gasteiger charge is -2.39. The van der Waals surface area contributed by atoms with Crippen LogP contribution in [-0.2, 0) is 28.1 Å². The first-order valence-electron chi connectivity index (χ1n) is 7.84. The largest absolute Gasteiger partial charge is 0.457 e. The van der Waals surface area contributed by atoms with Crippen LogP contribution in [-0.4, -0.2) is 26.2 Å². The number of nitrogens with zero attached hydrogens (tertiary/aromatic N) is 4. The summed E-state index contributed by atoms with van der Waals surface area (Å²) in [6, 6.07) is 7.44. The highest BCUT2D eigenvalue weighted by Crippen LogP contribution is 2.45. The fraction of sp³-hybridized carbons (Fsp3) is 0.500. The minimum atomic E-state index is -0.548. The van der Waals surface area contributed by atoms with Crippen molar-refractivity contribution in [2.75, 3.05) is 0 Å². The Hall–Kier alpha value is -1.95. The van der Waals surface area contributed by atoms with E-state index in [1.54, 1.807) is 4.68 Å². The second-order valence-corrected chi connectivity index (χ2v) is 6.27. The van der Waals surface area contributed by atoms with Crippen LogP contribution in [0.25, 0.3) is 0 Å². The molecule has 1 saturated carbocycles. The smallest absolute Gasteiger partial charge is 0.317 e. The van der Waals surface area contributed by atoms with Gasteiger partial charge in [0.1, 0.15) is 0 Å². The first-order valence-corrected chi connectivity index (χ1v) is 8.22. The van der Waals surface area contributed by atoms with Gasteiger partial charge in [-0.2, -0.15) is 0 Å². The molecule has 0 bridgehead atoms. The molecular formula is C16H19ClN4O2. The number of rotatable bonds is 6. The monoisotopic (exact) mass is 334 g/mol. The molecule has 0 unspecified atom stereocenters. The lowest BCUT2D eigenvalue weighted by atomic mass is 9.64. The third-order valence-electron chi connectivity index (χ3n) is 4.37. The van der Waals surface area contributed by atoms with Gasteiger partial charge in [-0.1, -0.05) is 37.1 Å². The van der Waals surface area contributed by atoms with Crippen molar-refractivity contribution in [1.82, 2.24) is 20.2 Å². The van der Waals surface area contributed by atoms with Crippen LogP contribution in [0.5, 0.6) is 0 Å². The van der Waals surface area contributed by atoms with Crippen molar-refractivity contribution in [1.29, 1.82) is 0 Å². The number of hydrogen-bond acceptors (Lipinski definition) is 5. The Bertz CT molecular complexity index is 680. The van der Waals surface area contributed by atoms with Crippen LogP contribution >= 0.6 is 11.6 Å². The van der Waals surface area contributed by atoms with E-state index >= 15 is 0 Å². The molecule has 1 aliphatic rings. The molecule has 0 N–H and O–H groups in total. The van der Waals surface area contributed by atoms with Gasteiger partial charge in [0.15, 0.2) is 12.4 Å². The van der Waals surface area contributed by atoms with E-state index in [0.29, 0.717) is 17.4 Å². The predicted molar refractivity (Wildman–Crippen MR) is 84.9 cm³/mol. The number of aromatic nitrogens is 4. The molecule has 1 aliphatic carbocycles. The molecule has 7 heteroatoms. The Kier molecular flexibility index (Phi) is 4.61. The molecule has 0 amide bonds. The van der Waals surface area contributed by atoms with Crippen LogP contribution in [0.3, 0.4) is 0 Å². The number of aryl methyl sites for hydroxylation is 1. The zero-order chi connectivity index (χ0) is 16.3. The van der Waals surface area contributed by atoms with Gasteiger partial charge in [0.2, 0.25) is 0 Å². The predicted octanol–water partition coefficient (Wildman–Crippen LogP) is 2.90. The average molecular weight is 335 g/mol. The second kappa shape index (κ2) is 6.66. The average Bonchev–Trinajstić information content (AvgIpc) is 2.94. The molecule has 1 aromatic heterocycles. The number of hydrogen-bond donors (Lipinski definition) is 0. The van der Waals surface area contributed by atoms with Gasteiger partial charge in [-0.25, -0.2) is 4.68 Å². The number of benzene rings is 1. The zero-order valence-corrected chi connectivity index (χ0v) is 13.8. The minimum Gasteiger partial charge on any atom is -0.457 e. The fourth-order valence-electron chi connectivity index (χ4n) is 2.89. The second-order valence-electron chi connectivity index (χ2n) is 5.84. The van der Waals surface area contributed by atoms with E-state index in [1.165, 1.54) is 0 Å². The van der Waals surface area contributed by atoms with E-state index in [9.17, 15) is 4.79 Å². The zero-order valence-electron chi connectivity index (χ0n) is 13.0. The van der Waals surface area contributed by atoms with Gasteiger partial charge < -0.3 is 4.74 Å².